The second kappa shape index (κ2) is 8.14. The normalized spacial score (nSPS) is 17.0. The Morgan fingerprint density at radius 3 is 2.62 bits per heavy atom. The van der Waals surface area contributed by atoms with E-state index in [9.17, 15) is 5.11 Å². The van der Waals surface area contributed by atoms with Crippen molar-refractivity contribution in [3.63, 3.8) is 0 Å². The van der Waals surface area contributed by atoms with Crippen LogP contribution in [0.3, 0.4) is 0 Å². The number of nitrogens with one attached hydrogen (secondary N) is 1. The number of rotatable bonds is 7. The third kappa shape index (κ3) is 4.82. The summed E-state index contributed by atoms with van der Waals surface area (Å²) in [6, 6.07) is 9.94. The van der Waals surface area contributed by atoms with E-state index in [-0.39, 0.29) is 0 Å². The molecule has 2 N–H and O–H groups in total. The summed E-state index contributed by atoms with van der Waals surface area (Å²) < 4.78 is 0. The van der Waals surface area contributed by atoms with Gasteiger partial charge in [0.2, 0.25) is 0 Å². The number of hydrogen-bond donors (Lipinski definition) is 2. The van der Waals surface area contributed by atoms with E-state index in [2.05, 4.69) is 23.3 Å². The molecule has 1 saturated carbocycles. The van der Waals surface area contributed by atoms with Crippen LogP contribution in [0.1, 0.15) is 42.9 Å². The molecule has 1 aromatic carbocycles. The minimum atomic E-state index is -0.519. The standard InChI is InChI=1S/C17H25N3O/c1-20(16-4-2-3-5-16)11-10-19-13-17(21)15-8-6-14(12-18)7-9-15/h6-9,16-17,19,21H,2-5,10-11,13H2,1H3. The van der Waals surface area contributed by atoms with Crippen LogP contribution < -0.4 is 5.32 Å². The first-order valence-electron chi connectivity index (χ1n) is 7.80. The smallest absolute Gasteiger partial charge is 0.0991 e. The lowest BCUT2D eigenvalue weighted by atomic mass is 10.1. The van der Waals surface area contributed by atoms with Crippen molar-refractivity contribution in [1.82, 2.24) is 10.2 Å². The van der Waals surface area contributed by atoms with Crippen LogP contribution in [0.5, 0.6) is 0 Å². The maximum absolute atomic E-state index is 10.1. The predicted octanol–water partition coefficient (Wildman–Crippen LogP) is 2.06. The summed E-state index contributed by atoms with van der Waals surface area (Å²) in [7, 11) is 2.19. The molecule has 1 aromatic rings. The Bertz CT molecular complexity index is 460. The summed E-state index contributed by atoms with van der Waals surface area (Å²) in [5.41, 5.74) is 1.47. The second-order valence-corrected chi connectivity index (χ2v) is 5.87. The Kier molecular flexibility index (Phi) is 6.19. The molecule has 4 heteroatoms. The van der Waals surface area contributed by atoms with Gasteiger partial charge in [-0.05, 0) is 37.6 Å². The molecule has 4 nitrogen and oxygen atoms in total. The van der Waals surface area contributed by atoms with Gasteiger partial charge in [0.25, 0.3) is 0 Å². The van der Waals surface area contributed by atoms with Crippen molar-refractivity contribution in [2.45, 2.75) is 37.8 Å². The molecule has 1 aliphatic rings. The highest BCUT2D eigenvalue weighted by molar-refractivity contribution is 5.32. The van der Waals surface area contributed by atoms with Crippen LogP contribution >= 0.6 is 0 Å². The Balaban J connectivity index is 1.66. The Morgan fingerprint density at radius 2 is 2.00 bits per heavy atom. The molecule has 0 aromatic heterocycles. The van der Waals surface area contributed by atoms with E-state index in [0.717, 1.165) is 24.7 Å². The van der Waals surface area contributed by atoms with Crippen LogP contribution in [0.15, 0.2) is 24.3 Å². The number of benzene rings is 1. The van der Waals surface area contributed by atoms with Gasteiger partial charge in [0, 0.05) is 25.7 Å². The fourth-order valence-corrected chi connectivity index (χ4v) is 2.92. The maximum Gasteiger partial charge on any atom is 0.0991 e. The number of likely N-dealkylation sites (N-methyl/N-ethyl adjacent to an activating group) is 1. The zero-order valence-electron chi connectivity index (χ0n) is 12.8. The van der Waals surface area contributed by atoms with Crippen LogP contribution in [0.4, 0.5) is 0 Å². The van der Waals surface area contributed by atoms with E-state index >= 15 is 0 Å². The van der Waals surface area contributed by atoms with Crippen LogP contribution in [0, 0.1) is 11.3 Å². The zero-order valence-corrected chi connectivity index (χ0v) is 12.8. The molecule has 0 bridgehead atoms. The van der Waals surface area contributed by atoms with Gasteiger partial charge in [0.05, 0.1) is 17.7 Å². The molecule has 114 valence electrons. The third-order valence-electron chi connectivity index (χ3n) is 4.35. The molecule has 0 amide bonds. The zero-order chi connectivity index (χ0) is 15.1. The highest BCUT2D eigenvalue weighted by Gasteiger charge is 2.18. The fraction of sp³-hybridized carbons (Fsp3) is 0.588. The number of nitriles is 1. The first-order chi connectivity index (χ1) is 10.2. The van der Waals surface area contributed by atoms with Crippen molar-refractivity contribution in [3.05, 3.63) is 35.4 Å². The van der Waals surface area contributed by atoms with Crippen molar-refractivity contribution in [1.29, 1.82) is 5.26 Å². The summed E-state index contributed by atoms with van der Waals surface area (Å²) in [5, 5.41) is 22.2. The van der Waals surface area contributed by atoms with Gasteiger partial charge >= 0.3 is 0 Å². The number of nitrogens with zero attached hydrogens (tertiary/aromatic N) is 2. The van der Waals surface area contributed by atoms with Gasteiger partial charge in [0.15, 0.2) is 0 Å². The van der Waals surface area contributed by atoms with Crippen molar-refractivity contribution in [2.75, 3.05) is 26.7 Å². The van der Waals surface area contributed by atoms with Gasteiger partial charge in [-0.3, -0.25) is 0 Å². The molecule has 21 heavy (non-hydrogen) atoms. The van der Waals surface area contributed by atoms with Crippen LogP contribution in [-0.2, 0) is 0 Å². The fourth-order valence-electron chi connectivity index (χ4n) is 2.92. The molecule has 0 heterocycles. The average molecular weight is 287 g/mol. The Morgan fingerprint density at radius 1 is 1.33 bits per heavy atom. The summed E-state index contributed by atoms with van der Waals surface area (Å²) in [4.78, 5) is 2.42. The SMILES string of the molecule is CN(CCNCC(O)c1ccc(C#N)cc1)C1CCCC1. The van der Waals surface area contributed by atoms with Gasteiger partial charge < -0.3 is 15.3 Å². The minimum Gasteiger partial charge on any atom is -0.387 e. The molecule has 1 fully saturated rings. The molecule has 1 atom stereocenters. The summed E-state index contributed by atoms with van der Waals surface area (Å²) in [6.45, 7) is 2.45. The molecule has 1 aliphatic carbocycles. The van der Waals surface area contributed by atoms with Crippen LogP contribution in [-0.4, -0.2) is 42.7 Å². The molecule has 2 rings (SSSR count). The molecule has 0 aliphatic heterocycles. The first-order valence-corrected chi connectivity index (χ1v) is 7.80. The van der Waals surface area contributed by atoms with Crippen LogP contribution in [0.2, 0.25) is 0 Å². The van der Waals surface area contributed by atoms with E-state index in [4.69, 9.17) is 5.26 Å². The highest BCUT2D eigenvalue weighted by atomic mass is 16.3. The van der Waals surface area contributed by atoms with Crippen molar-refractivity contribution in [3.8, 4) is 6.07 Å². The molecule has 0 spiro atoms. The maximum atomic E-state index is 10.1. The van der Waals surface area contributed by atoms with Gasteiger partial charge in [0.1, 0.15) is 0 Å². The van der Waals surface area contributed by atoms with Crippen molar-refractivity contribution in [2.24, 2.45) is 0 Å². The number of aliphatic hydroxyl groups excluding tert-OH is 1. The van der Waals surface area contributed by atoms with Gasteiger partial charge in [-0.1, -0.05) is 25.0 Å². The first kappa shape index (κ1) is 16.0. The van der Waals surface area contributed by atoms with Gasteiger partial charge in [-0.2, -0.15) is 5.26 Å². The quantitative estimate of drug-likeness (QED) is 0.754. The van der Waals surface area contributed by atoms with Crippen molar-refractivity contribution >= 4 is 0 Å². The van der Waals surface area contributed by atoms with Crippen molar-refractivity contribution < 1.29 is 5.11 Å². The molecular formula is C17H25N3O. The molecule has 0 saturated heterocycles. The van der Waals surface area contributed by atoms with E-state index in [1.165, 1.54) is 25.7 Å². The molecular weight excluding hydrogens is 262 g/mol. The minimum absolute atomic E-state index is 0.519. The molecule has 0 radical (unpaired) electrons. The summed E-state index contributed by atoms with van der Waals surface area (Å²) >= 11 is 0. The number of hydrogen-bond acceptors (Lipinski definition) is 4. The van der Waals surface area contributed by atoms with E-state index in [1.54, 1.807) is 12.1 Å². The Hall–Kier alpha value is -1.41. The summed E-state index contributed by atoms with van der Waals surface area (Å²) in [6.07, 6.45) is 4.85. The number of aliphatic hydroxyl groups is 1. The topological polar surface area (TPSA) is 59.3 Å². The van der Waals surface area contributed by atoms with E-state index in [1.807, 2.05) is 12.1 Å². The third-order valence-corrected chi connectivity index (χ3v) is 4.35. The van der Waals surface area contributed by atoms with Gasteiger partial charge in [-0.15, -0.1) is 0 Å². The van der Waals surface area contributed by atoms with Gasteiger partial charge in [-0.25, -0.2) is 0 Å². The lowest BCUT2D eigenvalue weighted by molar-refractivity contribution is 0.170. The lowest BCUT2D eigenvalue weighted by Crippen LogP contribution is -2.36. The summed E-state index contributed by atoms with van der Waals surface area (Å²) in [5.74, 6) is 0. The highest BCUT2D eigenvalue weighted by Crippen LogP contribution is 2.21. The van der Waals surface area contributed by atoms with E-state index < -0.39 is 6.10 Å². The lowest BCUT2D eigenvalue weighted by Gasteiger charge is -2.24. The molecule has 1 unspecified atom stereocenters. The predicted molar refractivity (Wildman–Crippen MR) is 83.9 cm³/mol. The largest absolute Gasteiger partial charge is 0.387 e. The average Bonchev–Trinajstić information content (AvgIpc) is 3.05. The second-order valence-electron chi connectivity index (χ2n) is 5.87. The monoisotopic (exact) mass is 287 g/mol. The van der Waals surface area contributed by atoms with E-state index in [0.29, 0.717) is 12.1 Å². The Labute approximate surface area is 127 Å². The van der Waals surface area contributed by atoms with Crippen LogP contribution in [0.25, 0.3) is 0 Å².